The van der Waals surface area contributed by atoms with E-state index in [0.29, 0.717) is 17.0 Å². The number of carbonyl (C=O) groups is 1. The number of aromatic nitrogens is 4. The fourth-order valence-corrected chi connectivity index (χ4v) is 4.21. The molecule has 12 heteroatoms. The van der Waals surface area contributed by atoms with Crippen molar-refractivity contribution in [1.82, 2.24) is 25.1 Å². The topological polar surface area (TPSA) is 108 Å². The number of hydrogen-bond donors (Lipinski definition) is 3. The summed E-state index contributed by atoms with van der Waals surface area (Å²) in [4.78, 5) is 22.7. The van der Waals surface area contributed by atoms with Crippen molar-refractivity contribution in [1.29, 1.82) is 0 Å². The van der Waals surface area contributed by atoms with E-state index in [2.05, 4.69) is 30.4 Å². The summed E-state index contributed by atoms with van der Waals surface area (Å²) in [6.45, 7) is 5.36. The van der Waals surface area contributed by atoms with Crippen molar-refractivity contribution in [3.63, 3.8) is 0 Å². The molecule has 5 rings (SSSR count). The van der Waals surface area contributed by atoms with Crippen LogP contribution in [0.5, 0.6) is 0 Å². The molecule has 34 heavy (non-hydrogen) atoms. The standard InChI is InChI=1S/C22H23F3N6O3/c1-12-8-14(19(34-12)22(23,24)25)21(32)29-17-10-26-30-18(17)20-27-15-3-2-13(9-16(15)28-20)11-31-4-6-33-7-5-31/h2-3,8-10,14,19H,4-7,11H2,1H3,(H,26,30)(H,27,28)(H,29,32). The number of ether oxygens (including phenoxy) is 2. The zero-order valence-electron chi connectivity index (χ0n) is 18.3. The van der Waals surface area contributed by atoms with Gasteiger partial charge in [-0.3, -0.25) is 14.8 Å². The Labute approximate surface area is 192 Å². The van der Waals surface area contributed by atoms with Gasteiger partial charge in [-0.25, -0.2) is 4.98 Å². The van der Waals surface area contributed by atoms with Gasteiger partial charge in [0, 0.05) is 19.6 Å². The third-order valence-electron chi connectivity index (χ3n) is 5.87. The average molecular weight is 476 g/mol. The van der Waals surface area contributed by atoms with Crippen molar-refractivity contribution in [3.8, 4) is 11.5 Å². The van der Waals surface area contributed by atoms with Crippen molar-refractivity contribution >= 4 is 22.6 Å². The Bertz CT molecular complexity index is 1230. The predicted octanol–water partition coefficient (Wildman–Crippen LogP) is 3.20. The first-order valence-corrected chi connectivity index (χ1v) is 10.8. The molecule has 2 aliphatic heterocycles. The van der Waals surface area contributed by atoms with Crippen LogP contribution in [0, 0.1) is 5.92 Å². The summed E-state index contributed by atoms with van der Waals surface area (Å²) in [6.07, 6.45) is -4.39. The van der Waals surface area contributed by atoms with Crippen LogP contribution in [0.4, 0.5) is 18.9 Å². The number of benzene rings is 1. The summed E-state index contributed by atoms with van der Waals surface area (Å²) >= 11 is 0. The normalized spacial score (nSPS) is 21.5. The van der Waals surface area contributed by atoms with E-state index in [4.69, 9.17) is 9.47 Å². The highest BCUT2D eigenvalue weighted by molar-refractivity contribution is 5.97. The molecule has 1 aromatic carbocycles. The van der Waals surface area contributed by atoms with Crippen molar-refractivity contribution < 1.29 is 27.4 Å². The maximum Gasteiger partial charge on any atom is 0.426 e. The maximum absolute atomic E-state index is 13.3. The summed E-state index contributed by atoms with van der Waals surface area (Å²) in [6, 6.07) is 5.91. The number of aromatic amines is 2. The lowest BCUT2D eigenvalue weighted by molar-refractivity contribution is -0.212. The quantitative estimate of drug-likeness (QED) is 0.522. The zero-order valence-corrected chi connectivity index (χ0v) is 18.3. The Balaban J connectivity index is 1.35. The van der Waals surface area contributed by atoms with E-state index in [9.17, 15) is 18.0 Å². The highest BCUT2D eigenvalue weighted by Crippen LogP contribution is 2.37. The summed E-state index contributed by atoms with van der Waals surface area (Å²) < 4.78 is 50.1. The van der Waals surface area contributed by atoms with E-state index in [1.54, 1.807) is 0 Å². The second-order valence-corrected chi connectivity index (χ2v) is 8.36. The van der Waals surface area contributed by atoms with Gasteiger partial charge >= 0.3 is 6.18 Å². The van der Waals surface area contributed by atoms with E-state index < -0.39 is 24.1 Å². The molecule has 2 atom stereocenters. The molecule has 1 fully saturated rings. The van der Waals surface area contributed by atoms with E-state index in [0.717, 1.165) is 43.9 Å². The third kappa shape index (κ3) is 4.50. The Kier molecular flexibility index (Phi) is 5.78. The number of morpholine rings is 1. The molecular formula is C22H23F3N6O3. The third-order valence-corrected chi connectivity index (χ3v) is 5.87. The smallest absolute Gasteiger partial charge is 0.426 e. The fourth-order valence-electron chi connectivity index (χ4n) is 4.21. The Hall–Kier alpha value is -3.38. The molecule has 1 saturated heterocycles. The Morgan fingerprint density at radius 2 is 2.09 bits per heavy atom. The van der Waals surface area contributed by atoms with Crippen LogP contribution in [-0.4, -0.2) is 69.6 Å². The van der Waals surface area contributed by atoms with Crippen LogP contribution in [-0.2, 0) is 20.8 Å². The van der Waals surface area contributed by atoms with Gasteiger partial charge in [-0.1, -0.05) is 6.07 Å². The second-order valence-electron chi connectivity index (χ2n) is 8.36. The van der Waals surface area contributed by atoms with Crippen LogP contribution in [0.3, 0.4) is 0 Å². The van der Waals surface area contributed by atoms with E-state index in [-0.39, 0.29) is 11.4 Å². The molecule has 0 bridgehead atoms. The number of hydrogen-bond acceptors (Lipinski definition) is 6. The molecular weight excluding hydrogens is 453 g/mol. The van der Waals surface area contributed by atoms with E-state index in [1.165, 1.54) is 19.2 Å². The highest BCUT2D eigenvalue weighted by Gasteiger charge is 2.51. The Morgan fingerprint density at radius 3 is 2.85 bits per heavy atom. The lowest BCUT2D eigenvalue weighted by Crippen LogP contribution is -2.40. The number of allylic oxidation sites excluding steroid dienone is 1. The molecule has 1 amide bonds. The van der Waals surface area contributed by atoms with Gasteiger partial charge in [0.2, 0.25) is 12.0 Å². The minimum absolute atomic E-state index is 0.0556. The van der Waals surface area contributed by atoms with E-state index >= 15 is 0 Å². The van der Waals surface area contributed by atoms with Crippen LogP contribution in [0.15, 0.2) is 36.2 Å². The molecule has 4 heterocycles. The van der Waals surface area contributed by atoms with Crippen LogP contribution in [0.25, 0.3) is 22.6 Å². The van der Waals surface area contributed by atoms with Gasteiger partial charge in [0.15, 0.2) is 5.82 Å². The highest BCUT2D eigenvalue weighted by atomic mass is 19.4. The number of imidazole rings is 1. The summed E-state index contributed by atoms with van der Waals surface area (Å²) in [5.74, 6) is -1.87. The number of anilines is 1. The van der Waals surface area contributed by atoms with Gasteiger partial charge < -0.3 is 19.8 Å². The second kappa shape index (κ2) is 8.76. The molecule has 0 aliphatic carbocycles. The van der Waals surface area contributed by atoms with Crippen molar-refractivity contribution in [2.45, 2.75) is 25.7 Å². The van der Waals surface area contributed by atoms with Crippen molar-refractivity contribution in [2.24, 2.45) is 5.92 Å². The number of rotatable bonds is 5. The number of H-pyrrole nitrogens is 2. The largest absolute Gasteiger partial charge is 0.485 e. The molecule has 0 radical (unpaired) electrons. The lowest BCUT2D eigenvalue weighted by Gasteiger charge is -2.26. The SMILES string of the molecule is CC1=CC(C(=O)Nc2cn[nH]c2-c2nc3ccc(CN4CCOCC4)cc3[nH]2)C(C(F)(F)F)O1. The van der Waals surface area contributed by atoms with Gasteiger partial charge in [0.05, 0.1) is 41.9 Å². The average Bonchev–Trinajstić information content (AvgIpc) is 3.51. The Morgan fingerprint density at radius 1 is 1.29 bits per heavy atom. The van der Waals surface area contributed by atoms with Crippen LogP contribution in [0.2, 0.25) is 0 Å². The number of alkyl halides is 3. The van der Waals surface area contributed by atoms with Gasteiger partial charge in [-0.05, 0) is 30.7 Å². The minimum atomic E-state index is -4.67. The van der Waals surface area contributed by atoms with Crippen LogP contribution in [0.1, 0.15) is 12.5 Å². The number of fused-ring (bicyclic) bond motifs is 1. The predicted molar refractivity (Wildman–Crippen MR) is 117 cm³/mol. The monoisotopic (exact) mass is 476 g/mol. The fraction of sp³-hybridized carbons (Fsp3) is 0.409. The van der Waals surface area contributed by atoms with Gasteiger partial charge in [0.1, 0.15) is 11.6 Å². The molecule has 2 aliphatic rings. The van der Waals surface area contributed by atoms with Crippen LogP contribution < -0.4 is 5.32 Å². The first-order chi connectivity index (χ1) is 16.3. The van der Waals surface area contributed by atoms with E-state index in [1.807, 2.05) is 18.2 Å². The minimum Gasteiger partial charge on any atom is -0.485 e. The van der Waals surface area contributed by atoms with Gasteiger partial charge in [-0.2, -0.15) is 18.3 Å². The van der Waals surface area contributed by atoms with Crippen molar-refractivity contribution in [3.05, 3.63) is 41.8 Å². The molecule has 3 aromatic rings. The van der Waals surface area contributed by atoms with Gasteiger partial charge in [-0.15, -0.1) is 0 Å². The molecule has 2 unspecified atom stereocenters. The number of carbonyl (C=O) groups excluding carboxylic acids is 1. The molecule has 0 spiro atoms. The number of nitrogens with one attached hydrogen (secondary N) is 3. The number of amides is 1. The number of nitrogens with zero attached hydrogens (tertiary/aromatic N) is 3. The summed E-state index contributed by atoms with van der Waals surface area (Å²) in [5.41, 5.74) is 3.21. The van der Waals surface area contributed by atoms with Gasteiger partial charge in [0.25, 0.3) is 0 Å². The first-order valence-electron chi connectivity index (χ1n) is 10.8. The molecule has 9 nitrogen and oxygen atoms in total. The van der Waals surface area contributed by atoms with Crippen molar-refractivity contribution in [2.75, 3.05) is 31.6 Å². The summed E-state index contributed by atoms with van der Waals surface area (Å²) in [7, 11) is 0. The lowest BCUT2D eigenvalue weighted by atomic mass is 10.0. The molecule has 3 N–H and O–H groups in total. The molecule has 0 saturated carbocycles. The maximum atomic E-state index is 13.3. The number of halogens is 3. The first kappa shape index (κ1) is 22.4. The van der Waals surface area contributed by atoms with Crippen LogP contribution >= 0.6 is 0 Å². The molecule has 180 valence electrons. The zero-order chi connectivity index (χ0) is 23.9. The molecule has 2 aromatic heterocycles. The summed E-state index contributed by atoms with van der Waals surface area (Å²) in [5, 5.41) is 9.23.